The first-order valence-corrected chi connectivity index (χ1v) is 11.2. The third-order valence-electron chi connectivity index (χ3n) is 6.27. The molecule has 2 unspecified atom stereocenters. The van der Waals surface area contributed by atoms with Crippen molar-refractivity contribution in [3.05, 3.63) is 81.5 Å². The Labute approximate surface area is 201 Å². The number of para-hydroxylation sites is 1. The molecule has 2 aliphatic heterocycles. The zero-order valence-electron chi connectivity index (χ0n) is 19.0. The van der Waals surface area contributed by atoms with E-state index in [1.165, 1.54) is 23.1 Å². The van der Waals surface area contributed by atoms with Crippen molar-refractivity contribution in [2.45, 2.75) is 31.8 Å². The molecule has 1 fully saturated rings. The summed E-state index contributed by atoms with van der Waals surface area (Å²) in [5, 5.41) is 26.6. The highest BCUT2D eigenvalue weighted by Gasteiger charge is 2.37. The first-order chi connectivity index (χ1) is 16.8. The lowest BCUT2D eigenvalue weighted by molar-refractivity contribution is -0.384. The summed E-state index contributed by atoms with van der Waals surface area (Å²) in [6.07, 6.45) is 1.13. The number of nitrogens with zero attached hydrogens (tertiary/aromatic N) is 3. The fraction of sp³-hybridized carbons (Fsp3) is 0.292. The van der Waals surface area contributed by atoms with Gasteiger partial charge in [-0.3, -0.25) is 19.9 Å². The fourth-order valence-corrected chi connectivity index (χ4v) is 4.58. The second-order valence-electron chi connectivity index (χ2n) is 8.38. The quantitative estimate of drug-likeness (QED) is 0.391. The highest BCUT2D eigenvalue weighted by atomic mass is 16.6. The Morgan fingerprint density at radius 3 is 2.57 bits per heavy atom. The van der Waals surface area contributed by atoms with Crippen LogP contribution in [0.1, 0.15) is 31.4 Å². The van der Waals surface area contributed by atoms with Crippen molar-refractivity contribution >= 4 is 29.4 Å². The van der Waals surface area contributed by atoms with Gasteiger partial charge in [-0.2, -0.15) is 0 Å². The number of carbonyl (C=O) groups is 3. The average molecular weight is 479 g/mol. The number of carboxylic acid groups (broad SMARTS) is 1. The topological polar surface area (TPSA) is 145 Å². The van der Waals surface area contributed by atoms with Gasteiger partial charge in [-0.25, -0.2) is 14.4 Å². The van der Waals surface area contributed by atoms with Crippen molar-refractivity contribution in [3.8, 4) is 0 Å². The van der Waals surface area contributed by atoms with Crippen LogP contribution in [0.2, 0.25) is 0 Å². The summed E-state index contributed by atoms with van der Waals surface area (Å²) >= 11 is 0. The van der Waals surface area contributed by atoms with E-state index in [1.807, 2.05) is 30.3 Å². The number of anilines is 1. The highest BCUT2D eigenvalue weighted by Crippen LogP contribution is 2.32. The Morgan fingerprint density at radius 1 is 1.14 bits per heavy atom. The lowest BCUT2D eigenvalue weighted by atomic mass is 9.94. The van der Waals surface area contributed by atoms with Gasteiger partial charge in [-0.15, -0.1) is 0 Å². The number of nitro groups is 1. The molecule has 11 heteroatoms. The maximum Gasteiger partial charge on any atom is 0.335 e. The molecule has 0 spiro atoms. The van der Waals surface area contributed by atoms with Crippen molar-refractivity contribution in [2.24, 2.45) is 0 Å². The second-order valence-corrected chi connectivity index (χ2v) is 8.38. The molecule has 0 aromatic heterocycles. The van der Waals surface area contributed by atoms with E-state index in [2.05, 4.69) is 10.6 Å². The van der Waals surface area contributed by atoms with E-state index >= 15 is 0 Å². The van der Waals surface area contributed by atoms with Gasteiger partial charge in [0, 0.05) is 36.6 Å². The van der Waals surface area contributed by atoms with Gasteiger partial charge in [0.25, 0.3) is 5.69 Å². The van der Waals surface area contributed by atoms with Crippen LogP contribution in [-0.2, 0) is 4.79 Å². The Balaban J connectivity index is 1.50. The highest BCUT2D eigenvalue weighted by molar-refractivity contribution is 5.95. The predicted octanol–water partition coefficient (Wildman–Crippen LogP) is 3.40. The molecule has 4 amide bonds. The maximum absolute atomic E-state index is 12.9. The summed E-state index contributed by atoms with van der Waals surface area (Å²) in [7, 11) is 0. The Hall–Kier alpha value is -4.41. The van der Waals surface area contributed by atoms with E-state index < -0.39 is 23.0 Å². The zero-order chi connectivity index (χ0) is 25.1. The first-order valence-electron chi connectivity index (χ1n) is 11.2. The molecule has 0 saturated carbocycles. The average Bonchev–Trinajstić information content (AvgIpc) is 3.21. The number of rotatable bonds is 8. The zero-order valence-corrected chi connectivity index (χ0v) is 19.0. The summed E-state index contributed by atoms with van der Waals surface area (Å²) in [5.41, 5.74) is 1.14. The predicted molar refractivity (Wildman–Crippen MR) is 127 cm³/mol. The Bertz CT molecular complexity index is 1200. The fourth-order valence-electron chi connectivity index (χ4n) is 4.58. The summed E-state index contributed by atoms with van der Waals surface area (Å²) in [4.78, 5) is 51.0. The normalized spacial score (nSPS) is 20.0. The van der Waals surface area contributed by atoms with E-state index in [-0.39, 0.29) is 35.6 Å². The number of non-ortho nitro benzene ring substituents is 1. The number of allylic oxidation sites excluding steroid dienone is 1. The summed E-state index contributed by atoms with van der Waals surface area (Å²) in [5.74, 6) is -1.22. The Kier molecular flexibility index (Phi) is 6.67. The molecule has 0 aliphatic carbocycles. The molecule has 182 valence electrons. The number of urea groups is 2. The molecule has 2 aromatic carbocycles. The molecule has 1 saturated heterocycles. The van der Waals surface area contributed by atoms with E-state index in [4.69, 9.17) is 0 Å². The van der Waals surface area contributed by atoms with Crippen LogP contribution in [0, 0.1) is 10.1 Å². The summed E-state index contributed by atoms with van der Waals surface area (Å²) in [6.45, 7) is 2.29. The number of nitro benzene ring substituents is 1. The lowest BCUT2D eigenvalue weighted by Crippen LogP contribution is -2.48. The first kappa shape index (κ1) is 23.7. The SMILES string of the molecule is CC1=C(C(=O)O)C(c2cccc([N+](=O)[O-])c2)NC(=O)N1CCCC1CNC(=O)N1c1ccccc1. The molecule has 35 heavy (non-hydrogen) atoms. The van der Waals surface area contributed by atoms with Crippen LogP contribution < -0.4 is 15.5 Å². The molecule has 0 bridgehead atoms. The minimum atomic E-state index is -1.22. The van der Waals surface area contributed by atoms with Crippen molar-refractivity contribution in [2.75, 3.05) is 18.0 Å². The minimum absolute atomic E-state index is 0.0475. The van der Waals surface area contributed by atoms with Crippen LogP contribution in [0.25, 0.3) is 0 Å². The van der Waals surface area contributed by atoms with Crippen molar-refractivity contribution < 1.29 is 24.4 Å². The van der Waals surface area contributed by atoms with Crippen molar-refractivity contribution in [1.82, 2.24) is 15.5 Å². The van der Waals surface area contributed by atoms with E-state index in [0.29, 0.717) is 24.9 Å². The molecule has 2 aromatic rings. The van der Waals surface area contributed by atoms with Crippen LogP contribution in [0.5, 0.6) is 0 Å². The molecule has 3 N–H and O–H groups in total. The monoisotopic (exact) mass is 479 g/mol. The summed E-state index contributed by atoms with van der Waals surface area (Å²) in [6, 6.07) is 13.1. The van der Waals surface area contributed by atoms with E-state index in [0.717, 1.165) is 5.69 Å². The van der Waals surface area contributed by atoms with Crippen LogP contribution in [0.3, 0.4) is 0 Å². The minimum Gasteiger partial charge on any atom is -0.478 e. The molecule has 2 heterocycles. The third kappa shape index (κ3) is 4.79. The van der Waals surface area contributed by atoms with Gasteiger partial charge in [0.2, 0.25) is 0 Å². The number of nitrogens with one attached hydrogen (secondary N) is 2. The standard InChI is InChI=1S/C24H25N5O6/c1-15-20(22(30)31)21(16-7-5-10-18(13-16)29(34)35)26-24(33)27(15)12-6-11-19-14-25-23(32)28(19)17-8-3-2-4-9-17/h2-5,7-10,13,19,21H,6,11-12,14H2,1H3,(H,25,32)(H,26,33)(H,30,31). The van der Waals surface area contributed by atoms with Crippen molar-refractivity contribution in [1.29, 1.82) is 0 Å². The molecule has 2 aliphatic rings. The smallest absolute Gasteiger partial charge is 0.335 e. The molecule has 4 rings (SSSR count). The molecular formula is C24H25N5O6. The third-order valence-corrected chi connectivity index (χ3v) is 6.27. The second kappa shape index (κ2) is 9.84. The van der Waals surface area contributed by atoms with Crippen LogP contribution in [-0.4, -0.2) is 52.1 Å². The number of benzene rings is 2. The molecule has 11 nitrogen and oxygen atoms in total. The van der Waals surface area contributed by atoms with Gasteiger partial charge in [-0.05, 0) is 37.5 Å². The maximum atomic E-state index is 12.9. The largest absolute Gasteiger partial charge is 0.478 e. The lowest BCUT2D eigenvalue weighted by Gasteiger charge is -2.35. The van der Waals surface area contributed by atoms with E-state index in [9.17, 15) is 29.6 Å². The van der Waals surface area contributed by atoms with Crippen LogP contribution >= 0.6 is 0 Å². The molecule has 0 radical (unpaired) electrons. The molecule has 2 atom stereocenters. The van der Waals surface area contributed by atoms with Gasteiger partial charge in [0.05, 0.1) is 22.6 Å². The number of hydrogen-bond acceptors (Lipinski definition) is 5. The van der Waals surface area contributed by atoms with Gasteiger partial charge < -0.3 is 15.7 Å². The summed E-state index contributed by atoms with van der Waals surface area (Å²) < 4.78 is 0. The number of carbonyl (C=O) groups excluding carboxylic acids is 2. The Morgan fingerprint density at radius 2 is 1.89 bits per heavy atom. The van der Waals surface area contributed by atoms with Gasteiger partial charge in [-0.1, -0.05) is 30.3 Å². The van der Waals surface area contributed by atoms with Crippen LogP contribution in [0.4, 0.5) is 21.0 Å². The van der Waals surface area contributed by atoms with E-state index in [1.54, 1.807) is 17.9 Å². The van der Waals surface area contributed by atoms with Gasteiger partial charge >= 0.3 is 18.0 Å². The molecular weight excluding hydrogens is 454 g/mol. The van der Waals surface area contributed by atoms with Gasteiger partial charge in [0.1, 0.15) is 0 Å². The number of carboxylic acids is 1. The number of amides is 4. The van der Waals surface area contributed by atoms with Crippen LogP contribution in [0.15, 0.2) is 65.9 Å². The van der Waals surface area contributed by atoms with Crippen molar-refractivity contribution in [3.63, 3.8) is 0 Å². The van der Waals surface area contributed by atoms with Gasteiger partial charge in [0.15, 0.2) is 0 Å². The number of aliphatic carboxylic acids is 1. The number of hydrogen-bond donors (Lipinski definition) is 3.